The second-order valence-electron chi connectivity index (χ2n) is 6.28. The van der Waals surface area contributed by atoms with E-state index in [9.17, 15) is 5.11 Å². The zero-order valence-electron chi connectivity index (χ0n) is 13.1. The number of nitrogens with one attached hydrogen (secondary N) is 2. The summed E-state index contributed by atoms with van der Waals surface area (Å²) >= 11 is 0. The molecule has 0 bridgehead atoms. The number of rotatable bonds is 6. The summed E-state index contributed by atoms with van der Waals surface area (Å²) in [6.45, 7) is 3.24. The van der Waals surface area contributed by atoms with Crippen molar-refractivity contribution in [3.63, 3.8) is 0 Å². The molecule has 2 heterocycles. The second kappa shape index (κ2) is 7.11. The Balaban J connectivity index is 1.53. The van der Waals surface area contributed by atoms with E-state index in [0.29, 0.717) is 19.0 Å². The minimum absolute atomic E-state index is 0.249. The third kappa shape index (κ3) is 3.59. The number of aryl methyl sites for hydroxylation is 1. The van der Waals surface area contributed by atoms with Gasteiger partial charge in [-0.2, -0.15) is 5.10 Å². The Morgan fingerprint density at radius 3 is 2.91 bits per heavy atom. The first-order valence-corrected chi connectivity index (χ1v) is 8.22. The number of aromatic amines is 1. The number of hydrogen-bond acceptors (Lipinski definition) is 4. The fraction of sp³-hybridized carbons (Fsp3) is 0.588. The fourth-order valence-corrected chi connectivity index (χ4v) is 3.27. The van der Waals surface area contributed by atoms with Gasteiger partial charge in [0.05, 0.1) is 12.3 Å². The highest BCUT2D eigenvalue weighted by Crippen LogP contribution is 2.26. The molecule has 1 aliphatic rings. The minimum Gasteiger partial charge on any atom is -0.460 e. The van der Waals surface area contributed by atoms with Gasteiger partial charge in [-0.3, -0.25) is 5.10 Å². The lowest BCUT2D eigenvalue weighted by Crippen LogP contribution is -2.33. The van der Waals surface area contributed by atoms with E-state index in [2.05, 4.69) is 15.5 Å². The molecule has 0 aromatic carbocycles. The Morgan fingerprint density at radius 2 is 2.18 bits per heavy atom. The summed E-state index contributed by atoms with van der Waals surface area (Å²) in [6, 6.07) is 3.89. The predicted molar refractivity (Wildman–Crippen MR) is 85.3 cm³/mol. The van der Waals surface area contributed by atoms with E-state index in [1.54, 1.807) is 0 Å². The van der Waals surface area contributed by atoms with Crippen LogP contribution in [-0.4, -0.2) is 28.0 Å². The van der Waals surface area contributed by atoms with Crippen LogP contribution >= 0.6 is 0 Å². The topological polar surface area (TPSA) is 74.1 Å². The standard InChI is InChI=1S/C17H25N3O2/c1-12-7-8-16(22-12)17-14(10-19-20-17)9-18-11-15(21)13-5-3-2-4-6-13/h7-8,10,13,15,18,21H,2-6,9,11H2,1H3,(H,19,20). The molecule has 1 atom stereocenters. The van der Waals surface area contributed by atoms with Crippen molar-refractivity contribution >= 4 is 0 Å². The summed E-state index contributed by atoms with van der Waals surface area (Å²) in [5, 5.41) is 20.7. The monoisotopic (exact) mass is 303 g/mol. The van der Waals surface area contributed by atoms with Gasteiger partial charge in [-0.1, -0.05) is 19.3 Å². The van der Waals surface area contributed by atoms with Crippen LogP contribution in [0.4, 0.5) is 0 Å². The van der Waals surface area contributed by atoms with Gasteiger partial charge in [0.15, 0.2) is 5.76 Å². The summed E-state index contributed by atoms with van der Waals surface area (Å²) in [4.78, 5) is 0. The quantitative estimate of drug-likeness (QED) is 0.767. The van der Waals surface area contributed by atoms with Crippen LogP contribution in [0, 0.1) is 12.8 Å². The van der Waals surface area contributed by atoms with Gasteiger partial charge in [0.1, 0.15) is 11.5 Å². The molecule has 3 N–H and O–H groups in total. The SMILES string of the molecule is Cc1ccc(-c2[nH]ncc2CNCC(O)C2CCCCC2)o1. The fourth-order valence-electron chi connectivity index (χ4n) is 3.27. The van der Waals surface area contributed by atoms with Gasteiger partial charge in [-0.15, -0.1) is 0 Å². The molecular weight excluding hydrogens is 278 g/mol. The number of aliphatic hydroxyl groups is 1. The third-order valence-electron chi connectivity index (χ3n) is 4.57. The number of furan rings is 1. The largest absolute Gasteiger partial charge is 0.460 e. The summed E-state index contributed by atoms with van der Waals surface area (Å²) in [6.07, 6.45) is 7.71. The van der Waals surface area contributed by atoms with Crippen molar-refractivity contribution in [3.8, 4) is 11.5 Å². The highest BCUT2D eigenvalue weighted by atomic mass is 16.3. The number of H-pyrrole nitrogens is 1. The Labute approximate surface area is 131 Å². The first kappa shape index (κ1) is 15.3. The van der Waals surface area contributed by atoms with E-state index < -0.39 is 0 Å². The molecule has 2 aromatic rings. The minimum atomic E-state index is -0.249. The Bertz CT molecular complexity index is 584. The molecule has 22 heavy (non-hydrogen) atoms. The predicted octanol–water partition coefficient (Wildman–Crippen LogP) is 3.01. The molecule has 5 nitrogen and oxygen atoms in total. The highest BCUT2D eigenvalue weighted by molar-refractivity contribution is 5.56. The third-order valence-corrected chi connectivity index (χ3v) is 4.57. The molecule has 120 valence electrons. The number of nitrogens with zero attached hydrogens (tertiary/aromatic N) is 1. The summed E-state index contributed by atoms with van der Waals surface area (Å²) in [5.41, 5.74) is 1.97. The van der Waals surface area contributed by atoms with Crippen LogP contribution in [-0.2, 0) is 6.54 Å². The molecule has 0 radical (unpaired) electrons. The smallest absolute Gasteiger partial charge is 0.152 e. The summed E-state index contributed by atoms with van der Waals surface area (Å²) in [7, 11) is 0. The molecule has 1 saturated carbocycles. The second-order valence-corrected chi connectivity index (χ2v) is 6.28. The van der Waals surface area contributed by atoms with E-state index >= 15 is 0 Å². The zero-order chi connectivity index (χ0) is 15.4. The lowest BCUT2D eigenvalue weighted by Gasteiger charge is -2.26. The summed E-state index contributed by atoms with van der Waals surface area (Å²) in [5.74, 6) is 2.15. The molecule has 1 aliphatic carbocycles. The van der Waals surface area contributed by atoms with Crippen molar-refractivity contribution in [2.24, 2.45) is 5.92 Å². The normalized spacial score (nSPS) is 17.7. The molecule has 1 unspecified atom stereocenters. The first-order valence-electron chi connectivity index (χ1n) is 8.22. The molecule has 2 aromatic heterocycles. The summed E-state index contributed by atoms with van der Waals surface area (Å²) < 4.78 is 5.64. The van der Waals surface area contributed by atoms with Crippen LogP contribution in [0.3, 0.4) is 0 Å². The number of aliphatic hydroxyl groups excluding tert-OH is 1. The van der Waals surface area contributed by atoms with E-state index in [1.165, 1.54) is 19.3 Å². The van der Waals surface area contributed by atoms with E-state index in [1.807, 2.05) is 25.3 Å². The van der Waals surface area contributed by atoms with Gasteiger partial charge >= 0.3 is 0 Å². The average molecular weight is 303 g/mol. The Hall–Kier alpha value is -1.59. The molecule has 0 spiro atoms. The van der Waals surface area contributed by atoms with Gasteiger partial charge < -0.3 is 14.8 Å². The number of hydrogen-bond donors (Lipinski definition) is 3. The van der Waals surface area contributed by atoms with Gasteiger partial charge in [0, 0.05) is 18.7 Å². The maximum Gasteiger partial charge on any atom is 0.152 e. The molecule has 1 fully saturated rings. The van der Waals surface area contributed by atoms with Gasteiger partial charge in [-0.25, -0.2) is 0 Å². The van der Waals surface area contributed by atoms with Crippen LogP contribution in [0.25, 0.3) is 11.5 Å². The van der Waals surface area contributed by atoms with Crippen molar-refractivity contribution in [2.75, 3.05) is 6.54 Å². The Morgan fingerprint density at radius 1 is 1.36 bits per heavy atom. The van der Waals surface area contributed by atoms with Crippen LogP contribution in [0.15, 0.2) is 22.7 Å². The van der Waals surface area contributed by atoms with Crippen molar-refractivity contribution in [2.45, 2.75) is 51.7 Å². The van der Waals surface area contributed by atoms with Gasteiger partial charge in [0.25, 0.3) is 0 Å². The molecule has 5 heteroatoms. The molecule has 0 amide bonds. The van der Waals surface area contributed by atoms with Crippen LogP contribution < -0.4 is 5.32 Å². The van der Waals surface area contributed by atoms with Crippen molar-refractivity contribution in [3.05, 3.63) is 29.7 Å². The van der Waals surface area contributed by atoms with Crippen molar-refractivity contribution in [1.29, 1.82) is 0 Å². The molecule has 3 rings (SSSR count). The zero-order valence-corrected chi connectivity index (χ0v) is 13.1. The van der Waals surface area contributed by atoms with E-state index in [-0.39, 0.29) is 6.10 Å². The lowest BCUT2D eigenvalue weighted by molar-refractivity contribution is 0.0839. The van der Waals surface area contributed by atoms with Crippen molar-refractivity contribution < 1.29 is 9.52 Å². The molecular formula is C17H25N3O2. The first-order chi connectivity index (χ1) is 10.7. The van der Waals surface area contributed by atoms with E-state index in [0.717, 1.165) is 35.6 Å². The van der Waals surface area contributed by atoms with Gasteiger partial charge in [0.2, 0.25) is 0 Å². The maximum absolute atomic E-state index is 10.3. The molecule has 0 saturated heterocycles. The van der Waals surface area contributed by atoms with Crippen LogP contribution in [0.1, 0.15) is 43.4 Å². The van der Waals surface area contributed by atoms with Gasteiger partial charge in [-0.05, 0) is 37.8 Å². The molecule has 0 aliphatic heterocycles. The van der Waals surface area contributed by atoms with E-state index in [4.69, 9.17) is 4.42 Å². The maximum atomic E-state index is 10.3. The lowest BCUT2D eigenvalue weighted by atomic mass is 9.85. The Kier molecular flexibility index (Phi) is 4.95. The van der Waals surface area contributed by atoms with Crippen LogP contribution in [0.2, 0.25) is 0 Å². The van der Waals surface area contributed by atoms with Crippen molar-refractivity contribution in [1.82, 2.24) is 15.5 Å². The van der Waals surface area contributed by atoms with Crippen LogP contribution in [0.5, 0.6) is 0 Å². The highest BCUT2D eigenvalue weighted by Gasteiger charge is 2.21. The number of aromatic nitrogens is 2. The average Bonchev–Trinajstić information content (AvgIpc) is 3.16.